The summed E-state index contributed by atoms with van der Waals surface area (Å²) in [4.78, 5) is 2.27. The van der Waals surface area contributed by atoms with Crippen LogP contribution in [0.15, 0.2) is 0 Å². The lowest BCUT2D eigenvalue weighted by Gasteiger charge is -2.44. The van der Waals surface area contributed by atoms with Crippen molar-refractivity contribution in [3.63, 3.8) is 0 Å². The monoisotopic (exact) mass is 226 g/mol. The second-order valence-electron chi connectivity index (χ2n) is 6.26. The van der Waals surface area contributed by atoms with Crippen LogP contribution in [0, 0.1) is 11.8 Å². The molecule has 0 bridgehead atoms. The predicted octanol–water partition coefficient (Wildman–Crippen LogP) is 2.87. The van der Waals surface area contributed by atoms with Crippen LogP contribution in [0.3, 0.4) is 0 Å². The largest absolute Gasteiger partial charge is 0.326 e. The molecule has 0 amide bonds. The van der Waals surface area contributed by atoms with Crippen LogP contribution in [0.25, 0.3) is 0 Å². The molecule has 2 nitrogen and oxygen atoms in total. The quantitative estimate of drug-likeness (QED) is 0.798. The maximum atomic E-state index is 6.47. The standard InChI is InChI=1S/C14H30N2/c1-6-11-7-9-12(10-8-11)13(15)14(2,3)16(4)5/h11-13H,6-10,15H2,1-5H3. The zero-order chi connectivity index (χ0) is 12.3. The van der Waals surface area contributed by atoms with Gasteiger partial charge in [-0.3, -0.25) is 0 Å². The third kappa shape index (κ3) is 2.98. The van der Waals surface area contributed by atoms with Crippen molar-refractivity contribution < 1.29 is 0 Å². The molecule has 2 heteroatoms. The van der Waals surface area contributed by atoms with E-state index in [1.807, 2.05) is 0 Å². The lowest BCUT2D eigenvalue weighted by Crippen LogP contribution is -2.56. The van der Waals surface area contributed by atoms with Gasteiger partial charge in [-0.15, -0.1) is 0 Å². The molecule has 0 aromatic carbocycles. The molecular formula is C14H30N2. The molecule has 1 atom stereocenters. The lowest BCUT2D eigenvalue weighted by molar-refractivity contribution is 0.101. The van der Waals surface area contributed by atoms with Gasteiger partial charge in [0, 0.05) is 11.6 Å². The van der Waals surface area contributed by atoms with Crippen LogP contribution in [-0.4, -0.2) is 30.6 Å². The number of nitrogens with zero attached hydrogens (tertiary/aromatic N) is 1. The summed E-state index contributed by atoms with van der Waals surface area (Å²) < 4.78 is 0. The van der Waals surface area contributed by atoms with E-state index in [0.29, 0.717) is 6.04 Å². The maximum absolute atomic E-state index is 6.47. The van der Waals surface area contributed by atoms with Crippen LogP contribution in [0.5, 0.6) is 0 Å². The highest BCUT2D eigenvalue weighted by Crippen LogP contribution is 2.35. The fourth-order valence-electron chi connectivity index (χ4n) is 2.83. The average Bonchev–Trinajstić information content (AvgIpc) is 2.28. The molecule has 2 N–H and O–H groups in total. The summed E-state index contributed by atoms with van der Waals surface area (Å²) in [7, 11) is 4.27. The second kappa shape index (κ2) is 5.50. The predicted molar refractivity (Wildman–Crippen MR) is 71.5 cm³/mol. The average molecular weight is 226 g/mol. The van der Waals surface area contributed by atoms with E-state index >= 15 is 0 Å². The molecule has 1 saturated carbocycles. The van der Waals surface area contributed by atoms with Gasteiger partial charge in [-0.25, -0.2) is 0 Å². The van der Waals surface area contributed by atoms with Crippen LogP contribution in [0.2, 0.25) is 0 Å². The molecule has 0 spiro atoms. The van der Waals surface area contributed by atoms with Gasteiger partial charge in [0.25, 0.3) is 0 Å². The zero-order valence-electron chi connectivity index (χ0n) is 11.8. The van der Waals surface area contributed by atoms with E-state index in [-0.39, 0.29) is 5.54 Å². The Morgan fingerprint density at radius 3 is 2.06 bits per heavy atom. The summed E-state index contributed by atoms with van der Waals surface area (Å²) in [5, 5.41) is 0. The number of likely N-dealkylation sites (N-methyl/N-ethyl adjacent to an activating group) is 1. The maximum Gasteiger partial charge on any atom is 0.0300 e. The first-order valence-electron chi connectivity index (χ1n) is 6.82. The molecule has 0 saturated heterocycles. The summed E-state index contributed by atoms with van der Waals surface area (Å²) in [6.07, 6.45) is 6.78. The minimum Gasteiger partial charge on any atom is -0.326 e. The minimum absolute atomic E-state index is 0.115. The Balaban J connectivity index is 2.53. The van der Waals surface area contributed by atoms with E-state index in [1.54, 1.807) is 0 Å². The molecular weight excluding hydrogens is 196 g/mol. The van der Waals surface area contributed by atoms with Gasteiger partial charge in [0.1, 0.15) is 0 Å². The number of hydrogen-bond donors (Lipinski definition) is 1. The third-order valence-electron chi connectivity index (χ3n) is 4.94. The zero-order valence-corrected chi connectivity index (χ0v) is 11.8. The van der Waals surface area contributed by atoms with E-state index in [9.17, 15) is 0 Å². The van der Waals surface area contributed by atoms with Crippen LogP contribution in [0.1, 0.15) is 52.9 Å². The van der Waals surface area contributed by atoms with Gasteiger partial charge in [-0.1, -0.05) is 26.2 Å². The molecule has 0 aromatic heterocycles. The second-order valence-corrected chi connectivity index (χ2v) is 6.26. The Kier molecular flexibility index (Phi) is 4.81. The van der Waals surface area contributed by atoms with Crippen LogP contribution < -0.4 is 5.73 Å². The molecule has 1 rings (SSSR count). The molecule has 16 heavy (non-hydrogen) atoms. The highest BCUT2D eigenvalue weighted by atomic mass is 15.2. The van der Waals surface area contributed by atoms with Crippen molar-refractivity contribution in [3.8, 4) is 0 Å². The van der Waals surface area contributed by atoms with Crippen molar-refractivity contribution >= 4 is 0 Å². The highest BCUT2D eigenvalue weighted by Gasteiger charge is 2.36. The first-order valence-corrected chi connectivity index (χ1v) is 6.82. The van der Waals surface area contributed by atoms with Gasteiger partial charge in [0.05, 0.1) is 0 Å². The fraction of sp³-hybridized carbons (Fsp3) is 1.00. The Morgan fingerprint density at radius 2 is 1.69 bits per heavy atom. The molecule has 1 aliphatic carbocycles. The normalized spacial score (nSPS) is 29.4. The Bertz CT molecular complexity index is 203. The van der Waals surface area contributed by atoms with Crippen LogP contribution in [-0.2, 0) is 0 Å². The molecule has 0 radical (unpaired) electrons. The first-order chi connectivity index (χ1) is 7.39. The van der Waals surface area contributed by atoms with Crippen LogP contribution >= 0.6 is 0 Å². The Morgan fingerprint density at radius 1 is 1.19 bits per heavy atom. The van der Waals surface area contributed by atoms with Gasteiger partial charge in [-0.2, -0.15) is 0 Å². The van der Waals surface area contributed by atoms with E-state index < -0.39 is 0 Å². The minimum atomic E-state index is 0.115. The Hall–Kier alpha value is -0.0800. The van der Waals surface area contributed by atoms with Crippen molar-refractivity contribution in [1.82, 2.24) is 4.90 Å². The molecule has 0 aromatic rings. The van der Waals surface area contributed by atoms with Gasteiger partial charge in [0.15, 0.2) is 0 Å². The molecule has 0 heterocycles. The summed E-state index contributed by atoms with van der Waals surface area (Å²) in [5.74, 6) is 1.69. The number of nitrogens with two attached hydrogens (primary N) is 1. The first kappa shape index (κ1) is 14.0. The van der Waals surface area contributed by atoms with Gasteiger partial charge in [-0.05, 0) is 52.6 Å². The van der Waals surface area contributed by atoms with Gasteiger partial charge < -0.3 is 10.6 Å². The number of hydrogen-bond acceptors (Lipinski definition) is 2. The molecule has 1 fully saturated rings. The van der Waals surface area contributed by atoms with E-state index in [1.165, 1.54) is 32.1 Å². The fourth-order valence-corrected chi connectivity index (χ4v) is 2.83. The third-order valence-corrected chi connectivity index (χ3v) is 4.94. The van der Waals surface area contributed by atoms with Crippen molar-refractivity contribution in [1.29, 1.82) is 0 Å². The topological polar surface area (TPSA) is 29.3 Å². The van der Waals surface area contributed by atoms with E-state index in [2.05, 4.69) is 39.8 Å². The summed E-state index contributed by atoms with van der Waals surface area (Å²) in [5.41, 5.74) is 6.59. The van der Waals surface area contributed by atoms with Crippen molar-refractivity contribution in [3.05, 3.63) is 0 Å². The summed E-state index contributed by atoms with van der Waals surface area (Å²) in [6, 6.07) is 0.306. The van der Waals surface area contributed by atoms with Gasteiger partial charge in [0.2, 0.25) is 0 Å². The number of rotatable bonds is 4. The lowest BCUT2D eigenvalue weighted by atomic mass is 9.73. The van der Waals surface area contributed by atoms with E-state index in [0.717, 1.165) is 11.8 Å². The van der Waals surface area contributed by atoms with Crippen molar-refractivity contribution in [2.24, 2.45) is 17.6 Å². The molecule has 1 unspecified atom stereocenters. The molecule has 1 aliphatic rings. The molecule has 96 valence electrons. The smallest absolute Gasteiger partial charge is 0.0300 e. The summed E-state index contributed by atoms with van der Waals surface area (Å²) >= 11 is 0. The Labute approximate surface area is 102 Å². The summed E-state index contributed by atoms with van der Waals surface area (Å²) in [6.45, 7) is 6.85. The van der Waals surface area contributed by atoms with Gasteiger partial charge >= 0.3 is 0 Å². The van der Waals surface area contributed by atoms with Crippen LogP contribution in [0.4, 0.5) is 0 Å². The van der Waals surface area contributed by atoms with E-state index in [4.69, 9.17) is 5.73 Å². The van der Waals surface area contributed by atoms with Crippen molar-refractivity contribution in [2.45, 2.75) is 64.5 Å². The van der Waals surface area contributed by atoms with Crippen molar-refractivity contribution in [2.75, 3.05) is 14.1 Å². The SMILES string of the molecule is CCC1CCC(C(N)C(C)(C)N(C)C)CC1. The molecule has 0 aliphatic heterocycles. The highest BCUT2D eigenvalue weighted by molar-refractivity contribution is 4.94.